The number of aryl methyl sites for hydroxylation is 2. The highest BCUT2D eigenvalue weighted by Gasteiger charge is 2.54. The molecular formula is C13H17FN2O2S. The van der Waals surface area contributed by atoms with Crippen molar-refractivity contribution in [1.82, 2.24) is 10.0 Å². The van der Waals surface area contributed by atoms with Crippen LogP contribution in [0.1, 0.15) is 11.1 Å². The van der Waals surface area contributed by atoms with E-state index in [9.17, 15) is 12.8 Å². The molecule has 104 valence electrons. The molecule has 1 aromatic carbocycles. The van der Waals surface area contributed by atoms with Gasteiger partial charge in [0.05, 0.1) is 4.90 Å². The van der Waals surface area contributed by atoms with E-state index in [1.165, 1.54) is 12.1 Å². The molecule has 4 nitrogen and oxygen atoms in total. The Morgan fingerprint density at radius 1 is 1.21 bits per heavy atom. The Balaban J connectivity index is 1.88. The zero-order chi connectivity index (χ0) is 13.8. The normalized spacial score (nSPS) is 29.3. The van der Waals surface area contributed by atoms with Crippen molar-refractivity contribution in [2.45, 2.75) is 24.8 Å². The molecule has 0 bridgehead atoms. The minimum absolute atomic E-state index is 0.0371. The molecule has 2 N–H and O–H groups in total. The minimum atomic E-state index is -3.56. The van der Waals surface area contributed by atoms with Gasteiger partial charge in [0.1, 0.15) is 5.82 Å². The summed E-state index contributed by atoms with van der Waals surface area (Å²) in [7, 11) is -3.56. The van der Waals surface area contributed by atoms with Crippen LogP contribution in [0.2, 0.25) is 0 Å². The monoisotopic (exact) mass is 284 g/mol. The third kappa shape index (κ3) is 2.17. The Bertz CT molecular complexity index is 597. The Morgan fingerprint density at radius 3 is 2.26 bits per heavy atom. The third-order valence-electron chi connectivity index (χ3n) is 4.08. The van der Waals surface area contributed by atoms with Crippen LogP contribution in [0.3, 0.4) is 0 Å². The van der Waals surface area contributed by atoms with Crippen LogP contribution in [-0.4, -0.2) is 27.5 Å². The van der Waals surface area contributed by atoms with Gasteiger partial charge in [-0.3, -0.25) is 0 Å². The fourth-order valence-electron chi connectivity index (χ4n) is 3.15. The molecule has 1 aliphatic carbocycles. The topological polar surface area (TPSA) is 58.2 Å². The van der Waals surface area contributed by atoms with Gasteiger partial charge in [-0.25, -0.2) is 17.5 Å². The quantitative estimate of drug-likeness (QED) is 0.868. The summed E-state index contributed by atoms with van der Waals surface area (Å²) in [6, 6.07) is 2.56. The van der Waals surface area contributed by atoms with Crippen LogP contribution >= 0.6 is 0 Å². The first-order valence-electron chi connectivity index (χ1n) is 6.40. The molecule has 0 amide bonds. The van der Waals surface area contributed by atoms with Gasteiger partial charge < -0.3 is 5.32 Å². The number of fused-ring (bicyclic) bond motifs is 1. The van der Waals surface area contributed by atoms with E-state index in [4.69, 9.17) is 0 Å². The lowest BCUT2D eigenvalue weighted by Crippen LogP contribution is -2.33. The van der Waals surface area contributed by atoms with E-state index >= 15 is 0 Å². The lowest BCUT2D eigenvalue weighted by molar-refractivity contribution is 0.563. The Kier molecular flexibility index (Phi) is 2.92. The van der Waals surface area contributed by atoms with Crippen LogP contribution in [0.5, 0.6) is 0 Å². The molecule has 2 fully saturated rings. The Hall–Kier alpha value is -0.980. The third-order valence-corrected chi connectivity index (χ3v) is 5.84. The van der Waals surface area contributed by atoms with E-state index in [-0.39, 0.29) is 10.9 Å². The van der Waals surface area contributed by atoms with Crippen molar-refractivity contribution >= 4 is 10.0 Å². The van der Waals surface area contributed by atoms with Crippen molar-refractivity contribution in [3.8, 4) is 0 Å². The summed E-state index contributed by atoms with van der Waals surface area (Å²) in [5.74, 6) is 0.424. The molecule has 2 unspecified atom stereocenters. The van der Waals surface area contributed by atoms with E-state index in [0.29, 0.717) is 23.0 Å². The number of nitrogens with one attached hydrogen (secondary N) is 2. The number of benzene rings is 1. The SMILES string of the molecule is Cc1cc(F)cc(C)c1S(=O)(=O)NC1C2CNCC21. The molecule has 0 aromatic heterocycles. The molecule has 0 radical (unpaired) electrons. The smallest absolute Gasteiger partial charge is 0.241 e. The fourth-order valence-corrected chi connectivity index (χ4v) is 4.94. The van der Waals surface area contributed by atoms with E-state index in [2.05, 4.69) is 10.0 Å². The van der Waals surface area contributed by atoms with Crippen molar-refractivity contribution in [1.29, 1.82) is 0 Å². The summed E-state index contributed by atoms with van der Waals surface area (Å²) in [5.41, 5.74) is 0.905. The summed E-state index contributed by atoms with van der Waals surface area (Å²) in [6.45, 7) is 5.00. The van der Waals surface area contributed by atoms with Gasteiger partial charge in [0.2, 0.25) is 10.0 Å². The summed E-state index contributed by atoms with van der Waals surface area (Å²) in [6.07, 6.45) is 0. The van der Waals surface area contributed by atoms with Gasteiger partial charge in [0.25, 0.3) is 0 Å². The second-order valence-corrected chi connectivity index (χ2v) is 7.15. The Morgan fingerprint density at radius 2 is 1.74 bits per heavy atom. The second-order valence-electron chi connectivity index (χ2n) is 5.50. The van der Waals surface area contributed by atoms with Gasteiger partial charge in [-0.05, 0) is 62.0 Å². The molecular weight excluding hydrogens is 267 g/mol. The number of piperidine rings is 1. The number of halogens is 1. The first-order chi connectivity index (χ1) is 8.90. The van der Waals surface area contributed by atoms with Gasteiger partial charge in [0.15, 0.2) is 0 Å². The fraction of sp³-hybridized carbons (Fsp3) is 0.538. The highest BCUT2D eigenvalue weighted by molar-refractivity contribution is 7.89. The average Bonchev–Trinajstić information content (AvgIpc) is 2.71. The zero-order valence-electron chi connectivity index (χ0n) is 10.9. The minimum Gasteiger partial charge on any atom is -0.316 e. The molecule has 1 saturated heterocycles. The lowest BCUT2D eigenvalue weighted by atomic mass is 10.1. The predicted octanol–water partition coefficient (Wildman–Crippen LogP) is 0.939. The molecule has 3 rings (SSSR count). The van der Waals surface area contributed by atoms with Gasteiger partial charge in [-0.1, -0.05) is 0 Å². The van der Waals surface area contributed by atoms with Crippen LogP contribution in [0.4, 0.5) is 4.39 Å². The maximum absolute atomic E-state index is 13.2. The first kappa shape index (κ1) is 13.0. The van der Waals surface area contributed by atoms with E-state index in [0.717, 1.165) is 13.1 Å². The standard InChI is InChI=1S/C13H17FN2O2S/c1-7-3-9(14)4-8(2)13(7)19(17,18)16-12-10-5-15-6-11(10)12/h3-4,10-12,15-16H,5-6H2,1-2H3. The maximum atomic E-state index is 13.2. The Labute approximate surface area is 112 Å². The summed E-state index contributed by atoms with van der Waals surface area (Å²) in [5, 5.41) is 3.22. The highest BCUT2D eigenvalue weighted by atomic mass is 32.2. The highest BCUT2D eigenvalue weighted by Crippen LogP contribution is 2.42. The number of hydrogen-bond acceptors (Lipinski definition) is 3. The largest absolute Gasteiger partial charge is 0.316 e. The molecule has 1 aliphatic heterocycles. The molecule has 1 aromatic rings. The van der Waals surface area contributed by atoms with E-state index in [1.807, 2.05) is 0 Å². The molecule has 19 heavy (non-hydrogen) atoms. The van der Waals surface area contributed by atoms with Crippen LogP contribution in [0.15, 0.2) is 17.0 Å². The molecule has 0 spiro atoms. The summed E-state index contributed by atoms with van der Waals surface area (Å²) < 4.78 is 40.8. The number of hydrogen-bond donors (Lipinski definition) is 2. The van der Waals surface area contributed by atoms with Crippen LogP contribution in [-0.2, 0) is 10.0 Å². The van der Waals surface area contributed by atoms with Gasteiger partial charge >= 0.3 is 0 Å². The van der Waals surface area contributed by atoms with E-state index < -0.39 is 15.8 Å². The van der Waals surface area contributed by atoms with Gasteiger partial charge in [0, 0.05) is 6.04 Å². The van der Waals surface area contributed by atoms with Gasteiger partial charge in [-0.15, -0.1) is 0 Å². The lowest BCUT2D eigenvalue weighted by Gasteiger charge is -2.13. The maximum Gasteiger partial charge on any atom is 0.241 e. The number of rotatable bonds is 3. The van der Waals surface area contributed by atoms with Crippen LogP contribution in [0, 0.1) is 31.5 Å². The van der Waals surface area contributed by atoms with E-state index in [1.54, 1.807) is 13.8 Å². The molecule has 6 heteroatoms. The molecule has 1 saturated carbocycles. The van der Waals surface area contributed by atoms with Crippen molar-refractivity contribution in [3.63, 3.8) is 0 Å². The first-order valence-corrected chi connectivity index (χ1v) is 7.88. The molecule has 2 aliphatic rings. The van der Waals surface area contributed by atoms with Crippen LogP contribution < -0.4 is 10.0 Å². The average molecular weight is 284 g/mol. The van der Waals surface area contributed by atoms with Crippen molar-refractivity contribution < 1.29 is 12.8 Å². The van der Waals surface area contributed by atoms with Crippen molar-refractivity contribution in [2.75, 3.05) is 13.1 Å². The zero-order valence-corrected chi connectivity index (χ0v) is 11.7. The number of sulfonamides is 1. The van der Waals surface area contributed by atoms with Crippen molar-refractivity contribution in [2.24, 2.45) is 11.8 Å². The van der Waals surface area contributed by atoms with Crippen LogP contribution in [0.25, 0.3) is 0 Å². The molecule has 1 heterocycles. The van der Waals surface area contributed by atoms with Gasteiger partial charge in [-0.2, -0.15) is 0 Å². The molecule has 2 atom stereocenters. The summed E-state index contributed by atoms with van der Waals surface area (Å²) >= 11 is 0. The summed E-state index contributed by atoms with van der Waals surface area (Å²) in [4.78, 5) is 0.215. The second kappa shape index (κ2) is 4.26. The predicted molar refractivity (Wildman–Crippen MR) is 69.8 cm³/mol. The van der Waals surface area contributed by atoms with Crippen molar-refractivity contribution in [3.05, 3.63) is 29.1 Å².